The lowest BCUT2D eigenvalue weighted by molar-refractivity contribution is -0.384. The number of benzene rings is 1. The van der Waals surface area contributed by atoms with Gasteiger partial charge in [-0.05, 0) is 25.5 Å². The summed E-state index contributed by atoms with van der Waals surface area (Å²) < 4.78 is 32.0. The van der Waals surface area contributed by atoms with Crippen molar-refractivity contribution in [2.24, 2.45) is 0 Å². The molecule has 24 heavy (non-hydrogen) atoms. The fourth-order valence-electron chi connectivity index (χ4n) is 2.15. The van der Waals surface area contributed by atoms with Gasteiger partial charge in [-0.2, -0.15) is 0 Å². The molecule has 0 aliphatic heterocycles. The van der Waals surface area contributed by atoms with Crippen molar-refractivity contribution < 1.29 is 22.9 Å². The molecule has 0 saturated heterocycles. The van der Waals surface area contributed by atoms with Crippen LogP contribution in [0.5, 0.6) is 0 Å². The number of nitrogens with one attached hydrogen (secondary N) is 1. The first-order valence-corrected chi connectivity index (χ1v) is 8.63. The zero-order valence-electron chi connectivity index (χ0n) is 12.8. The van der Waals surface area contributed by atoms with Crippen molar-refractivity contribution >= 4 is 21.7 Å². The van der Waals surface area contributed by atoms with Crippen LogP contribution < -0.4 is 4.72 Å². The highest BCUT2D eigenvalue weighted by Gasteiger charge is 2.24. The fourth-order valence-corrected chi connectivity index (χ4v) is 3.34. The lowest BCUT2D eigenvalue weighted by Gasteiger charge is -2.19. The highest BCUT2D eigenvalue weighted by molar-refractivity contribution is 7.89. The quantitative estimate of drug-likeness (QED) is 0.473. The molecule has 0 amide bonds. The number of esters is 1. The number of ether oxygens (including phenoxy) is 1. The molecule has 1 atom stereocenters. The van der Waals surface area contributed by atoms with Gasteiger partial charge >= 0.3 is 5.97 Å². The SMILES string of the molecule is CCOC(=O)C1=CC=C[C@H](NS(=O)(=O)c2ccc([N+](=O)[O-])cc2)C1. The van der Waals surface area contributed by atoms with Crippen LogP contribution in [0.25, 0.3) is 0 Å². The van der Waals surface area contributed by atoms with Gasteiger partial charge in [0, 0.05) is 23.7 Å². The third-order valence-electron chi connectivity index (χ3n) is 3.28. The lowest BCUT2D eigenvalue weighted by atomic mass is 10.0. The number of nitro groups is 1. The maximum atomic E-state index is 12.3. The summed E-state index contributed by atoms with van der Waals surface area (Å²) in [4.78, 5) is 21.6. The first kappa shape index (κ1) is 17.8. The predicted octanol–water partition coefficient (Wildman–Crippen LogP) is 1.69. The van der Waals surface area contributed by atoms with Crippen LogP contribution in [0.2, 0.25) is 0 Å². The molecule has 1 aliphatic rings. The lowest BCUT2D eigenvalue weighted by Crippen LogP contribution is -2.35. The van der Waals surface area contributed by atoms with Crippen LogP contribution in [0.15, 0.2) is 53.0 Å². The molecule has 0 saturated carbocycles. The van der Waals surface area contributed by atoms with Gasteiger partial charge in [-0.1, -0.05) is 18.2 Å². The van der Waals surface area contributed by atoms with Gasteiger partial charge in [0.05, 0.1) is 16.4 Å². The topological polar surface area (TPSA) is 116 Å². The van der Waals surface area contributed by atoms with Crippen molar-refractivity contribution in [3.8, 4) is 0 Å². The average Bonchev–Trinajstić information content (AvgIpc) is 2.55. The summed E-state index contributed by atoms with van der Waals surface area (Å²) in [5.74, 6) is -0.485. The van der Waals surface area contributed by atoms with E-state index in [-0.39, 0.29) is 23.6 Å². The summed E-state index contributed by atoms with van der Waals surface area (Å²) in [6.45, 7) is 1.92. The molecule has 1 aromatic rings. The number of nitrogens with zero attached hydrogens (tertiary/aromatic N) is 1. The third kappa shape index (κ3) is 4.27. The molecule has 0 bridgehead atoms. The Labute approximate surface area is 139 Å². The maximum Gasteiger partial charge on any atom is 0.334 e. The van der Waals surface area contributed by atoms with Gasteiger partial charge in [0.2, 0.25) is 10.0 Å². The highest BCUT2D eigenvalue weighted by atomic mass is 32.2. The van der Waals surface area contributed by atoms with E-state index in [1.807, 2.05) is 0 Å². The summed E-state index contributed by atoms with van der Waals surface area (Å²) in [6.07, 6.45) is 4.95. The Balaban J connectivity index is 2.10. The van der Waals surface area contributed by atoms with E-state index in [9.17, 15) is 23.3 Å². The van der Waals surface area contributed by atoms with Crippen LogP contribution in [0, 0.1) is 10.1 Å². The highest BCUT2D eigenvalue weighted by Crippen LogP contribution is 2.19. The maximum absolute atomic E-state index is 12.3. The summed E-state index contributed by atoms with van der Waals surface area (Å²) in [5.41, 5.74) is 0.176. The summed E-state index contributed by atoms with van der Waals surface area (Å²) >= 11 is 0. The van der Waals surface area contributed by atoms with Gasteiger partial charge in [0.1, 0.15) is 0 Å². The zero-order chi connectivity index (χ0) is 17.7. The van der Waals surface area contributed by atoms with Gasteiger partial charge < -0.3 is 4.74 Å². The smallest absolute Gasteiger partial charge is 0.334 e. The normalized spacial score (nSPS) is 17.2. The van der Waals surface area contributed by atoms with Gasteiger partial charge in [0.15, 0.2) is 0 Å². The van der Waals surface area contributed by atoms with Crippen molar-refractivity contribution in [1.82, 2.24) is 4.72 Å². The molecular weight excluding hydrogens is 336 g/mol. The van der Waals surface area contributed by atoms with E-state index in [1.165, 1.54) is 0 Å². The Kier molecular flexibility index (Phi) is 5.47. The van der Waals surface area contributed by atoms with Crippen molar-refractivity contribution in [2.45, 2.75) is 24.3 Å². The molecule has 1 aromatic carbocycles. The fraction of sp³-hybridized carbons (Fsp3) is 0.267. The van der Waals surface area contributed by atoms with Crippen molar-refractivity contribution in [2.75, 3.05) is 6.61 Å². The molecule has 1 aliphatic carbocycles. The van der Waals surface area contributed by atoms with Crippen LogP contribution in [0.4, 0.5) is 5.69 Å². The minimum atomic E-state index is -3.87. The van der Waals surface area contributed by atoms with Crippen molar-refractivity contribution in [3.63, 3.8) is 0 Å². The number of sulfonamides is 1. The molecule has 0 heterocycles. The van der Waals surface area contributed by atoms with Crippen molar-refractivity contribution in [3.05, 3.63) is 58.2 Å². The first-order valence-electron chi connectivity index (χ1n) is 7.14. The van der Waals surface area contributed by atoms with Crippen molar-refractivity contribution in [1.29, 1.82) is 0 Å². The largest absolute Gasteiger partial charge is 0.463 e. The minimum Gasteiger partial charge on any atom is -0.463 e. The molecule has 0 unspecified atom stereocenters. The predicted molar refractivity (Wildman–Crippen MR) is 85.7 cm³/mol. The van der Waals surface area contributed by atoms with E-state index >= 15 is 0 Å². The van der Waals surface area contributed by atoms with Gasteiger partial charge in [-0.3, -0.25) is 10.1 Å². The number of nitro benzene ring substituents is 1. The molecule has 2 rings (SSSR count). The van der Waals surface area contributed by atoms with E-state index in [1.54, 1.807) is 25.2 Å². The number of carbonyl (C=O) groups is 1. The molecule has 9 heteroatoms. The number of hydrogen-bond donors (Lipinski definition) is 1. The zero-order valence-corrected chi connectivity index (χ0v) is 13.7. The number of carbonyl (C=O) groups excluding carboxylic acids is 1. The average molecular weight is 352 g/mol. The molecule has 1 N–H and O–H groups in total. The second-order valence-corrected chi connectivity index (χ2v) is 6.69. The van der Waals surface area contributed by atoms with E-state index in [2.05, 4.69) is 4.72 Å². The van der Waals surface area contributed by atoms with Crippen LogP contribution in [0.1, 0.15) is 13.3 Å². The molecule has 0 fully saturated rings. The Morgan fingerprint density at radius 3 is 2.62 bits per heavy atom. The molecular formula is C15H16N2O6S. The molecule has 128 valence electrons. The number of non-ortho nitro benzene ring substituents is 1. The number of allylic oxidation sites excluding steroid dienone is 2. The second-order valence-electron chi connectivity index (χ2n) is 4.98. The Bertz CT molecular complexity index is 796. The minimum absolute atomic E-state index is 0.0891. The van der Waals surface area contributed by atoms with Crippen LogP contribution >= 0.6 is 0 Å². The first-order chi connectivity index (χ1) is 11.3. The number of rotatable bonds is 6. The molecule has 0 radical (unpaired) electrons. The van der Waals surface area contributed by atoms with E-state index in [4.69, 9.17) is 4.74 Å². The van der Waals surface area contributed by atoms with Gasteiger partial charge in [-0.25, -0.2) is 17.9 Å². The Morgan fingerprint density at radius 1 is 1.38 bits per heavy atom. The van der Waals surface area contributed by atoms with E-state index in [0.29, 0.717) is 5.57 Å². The molecule has 8 nitrogen and oxygen atoms in total. The monoisotopic (exact) mass is 352 g/mol. The Hall–Kier alpha value is -2.52. The molecule has 0 spiro atoms. The summed E-state index contributed by atoms with van der Waals surface area (Å²) in [6, 6.07) is 3.96. The molecule has 0 aromatic heterocycles. The third-order valence-corrected chi connectivity index (χ3v) is 4.79. The van der Waals surface area contributed by atoms with E-state index < -0.39 is 27.0 Å². The van der Waals surface area contributed by atoms with Crippen LogP contribution in [-0.4, -0.2) is 32.0 Å². The second kappa shape index (κ2) is 7.37. The standard InChI is InChI=1S/C15H16N2O6S/c1-2-23-15(18)11-4-3-5-12(10-11)16-24(21,22)14-8-6-13(7-9-14)17(19)20/h3-9,12,16H,2,10H2,1H3/t12-/m0/s1. The van der Waals surface area contributed by atoms with Crippen LogP contribution in [-0.2, 0) is 19.6 Å². The van der Waals surface area contributed by atoms with Gasteiger partial charge in [-0.15, -0.1) is 0 Å². The van der Waals surface area contributed by atoms with Gasteiger partial charge in [0.25, 0.3) is 5.69 Å². The summed E-state index contributed by atoms with van der Waals surface area (Å²) in [5, 5.41) is 10.6. The Morgan fingerprint density at radius 2 is 2.04 bits per heavy atom. The van der Waals surface area contributed by atoms with Crippen LogP contribution in [0.3, 0.4) is 0 Å². The number of hydrogen-bond acceptors (Lipinski definition) is 6. The summed E-state index contributed by atoms with van der Waals surface area (Å²) in [7, 11) is -3.87. The van der Waals surface area contributed by atoms with E-state index in [0.717, 1.165) is 24.3 Å².